The van der Waals surface area contributed by atoms with Crippen molar-refractivity contribution >= 4 is 23.4 Å². The Morgan fingerprint density at radius 1 is 1.18 bits per heavy atom. The van der Waals surface area contributed by atoms with Crippen molar-refractivity contribution in [1.82, 2.24) is 5.32 Å². The topological polar surface area (TPSA) is 84.9 Å². The predicted octanol–water partition coefficient (Wildman–Crippen LogP) is 5.37. The molecule has 0 bridgehead atoms. The van der Waals surface area contributed by atoms with Crippen LogP contribution in [0.25, 0.3) is 0 Å². The SMILES string of the molecule is CCCOC(=O)C1=C(C)NC2=C(C(=O)CC(c3ccccc3)C2)C1c1cc(Cl)c(O)c(OC)c1. The second-order valence-corrected chi connectivity index (χ2v) is 9.02. The molecule has 0 saturated carbocycles. The molecule has 2 aromatic carbocycles. The van der Waals surface area contributed by atoms with E-state index in [9.17, 15) is 14.7 Å². The molecule has 2 aromatic rings. The molecule has 1 aliphatic heterocycles. The Hall–Kier alpha value is -3.25. The number of rotatable bonds is 6. The molecule has 6 nitrogen and oxygen atoms in total. The maximum Gasteiger partial charge on any atom is 0.336 e. The fraction of sp³-hybridized carbons (Fsp3) is 0.333. The van der Waals surface area contributed by atoms with Crippen molar-refractivity contribution in [2.45, 2.75) is 44.9 Å². The van der Waals surface area contributed by atoms with Crippen LogP contribution in [-0.2, 0) is 14.3 Å². The van der Waals surface area contributed by atoms with E-state index in [1.165, 1.54) is 7.11 Å². The number of dihydropyridines is 1. The number of aromatic hydroxyl groups is 1. The number of phenolic OH excluding ortho intramolecular Hbond substituents is 1. The highest BCUT2D eigenvalue weighted by atomic mass is 35.5. The van der Waals surface area contributed by atoms with E-state index in [0.717, 1.165) is 11.3 Å². The zero-order valence-electron chi connectivity index (χ0n) is 19.5. The number of carbonyl (C=O) groups excluding carboxylic acids is 2. The highest BCUT2D eigenvalue weighted by molar-refractivity contribution is 6.32. The van der Waals surface area contributed by atoms with Gasteiger partial charge in [-0.1, -0.05) is 48.9 Å². The van der Waals surface area contributed by atoms with Crippen LogP contribution >= 0.6 is 11.6 Å². The zero-order chi connectivity index (χ0) is 24.4. The lowest BCUT2D eigenvalue weighted by Crippen LogP contribution is -2.36. The number of benzene rings is 2. The van der Waals surface area contributed by atoms with Gasteiger partial charge in [0.2, 0.25) is 0 Å². The molecule has 2 unspecified atom stereocenters. The van der Waals surface area contributed by atoms with Crippen LogP contribution in [0.3, 0.4) is 0 Å². The number of ether oxygens (including phenoxy) is 2. The lowest BCUT2D eigenvalue weighted by atomic mass is 9.71. The molecule has 2 aliphatic rings. The van der Waals surface area contributed by atoms with Gasteiger partial charge < -0.3 is 19.9 Å². The van der Waals surface area contributed by atoms with Gasteiger partial charge in [-0.2, -0.15) is 0 Å². The quantitative estimate of drug-likeness (QED) is 0.539. The first-order valence-corrected chi connectivity index (χ1v) is 11.8. The number of nitrogens with one attached hydrogen (secondary N) is 1. The molecular weight excluding hydrogens is 454 g/mol. The number of phenols is 1. The Morgan fingerprint density at radius 3 is 2.59 bits per heavy atom. The van der Waals surface area contributed by atoms with Crippen LogP contribution in [0.5, 0.6) is 11.5 Å². The van der Waals surface area contributed by atoms with Crippen molar-refractivity contribution in [1.29, 1.82) is 0 Å². The van der Waals surface area contributed by atoms with Crippen LogP contribution in [0, 0.1) is 0 Å². The molecule has 0 fully saturated rings. The third-order valence-electron chi connectivity index (χ3n) is 6.36. The predicted molar refractivity (Wildman–Crippen MR) is 130 cm³/mol. The van der Waals surface area contributed by atoms with Gasteiger partial charge >= 0.3 is 5.97 Å². The van der Waals surface area contributed by atoms with Gasteiger partial charge in [-0.15, -0.1) is 0 Å². The van der Waals surface area contributed by atoms with Crippen molar-refractivity contribution in [3.8, 4) is 11.5 Å². The normalized spacial score (nSPS) is 20.1. The van der Waals surface area contributed by atoms with E-state index in [-0.39, 0.29) is 34.8 Å². The second kappa shape index (κ2) is 9.94. The number of methoxy groups -OCH3 is 1. The lowest BCUT2D eigenvalue weighted by Gasteiger charge is -2.37. The summed E-state index contributed by atoms with van der Waals surface area (Å²) in [6.45, 7) is 4.01. The number of carbonyl (C=O) groups is 2. The summed E-state index contributed by atoms with van der Waals surface area (Å²) >= 11 is 6.30. The Kier molecular flexibility index (Phi) is 6.98. The van der Waals surface area contributed by atoms with E-state index < -0.39 is 11.9 Å². The molecule has 2 N–H and O–H groups in total. The second-order valence-electron chi connectivity index (χ2n) is 8.62. The number of ketones is 1. The van der Waals surface area contributed by atoms with Crippen molar-refractivity contribution < 1.29 is 24.2 Å². The number of hydrogen-bond donors (Lipinski definition) is 2. The summed E-state index contributed by atoms with van der Waals surface area (Å²) in [6.07, 6.45) is 1.65. The summed E-state index contributed by atoms with van der Waals surface area (Å²) in [4.78, 5) is 26.8. The van der Waals surface area contributed by atoms with Gasteiger partial charge in [0.1, 0.15) is 0 Å². The Labute approximate surface area is 204 Å². The summed E-state index contributed by atoms with van der Waals surface area (Å²) in [5.41, 5.74) is 4.01. The highest BCUT2D eigenvalue weighted by Crippen LogP contribution is 2.48. The van der Waals surface area contributed by atoms with Gasteiger partial charge in [-0.25, -0.2) is 4.79 Å². The van der Waals surface area contributed by atoms with Gasteiger partial charge in [0, 0.05) is 29.3 Å². The van der Waals surface area contributed by atoms with Crippen LogP contribution in [0.4, 0.5) is 0 Å². The highest BCUT2D eigenvalue weighted by Gasteiger charge is 2.41. The largest absolute Gasteiger partial charge is 0.503 e. The molecule has 0 spiro atoms. The van der Waals surface area contributed by atoms with E-state index in [1.54, 1.807) is 12.1 Å². The van der Waals surface area contributed by atoms with Crippen LogP contribution in [0.2, 0.25) is 5.02 Å². The minimum Gasteiger partial charge on any atom is -0.503 e. The first-order chi connectivity index (χ1) is 16.3. The molecule has 178 valence electrons. The summed E-state index contributed by atoms with van der Waals surface area (Å²) in [5, 5.41) is 13.7. The standard InChI is InChI=1S/C27H28ClNO5/c1-4-10-34-27(32)23-15(2)29-20-12-17(16-8-6-5-7-9-16)13-21(30)25(20)24(23)18-11-19(28)26(31)22(14-18)33-3/h5-9,11,14,17,24,29,31H,4,10,12-13H2,1-3H3. The maximum absolute atomic E-state index is 13.6. The van der Waals surface area contributed by atoms with E-state index in [0.29, 0.717) is 41.7 Å². The van der Waals surface area contributed by atoms with Crippen LogP contribution in [-0.4, -0.2) is 30.6 Å². The van der Waals surface area contributed by atoms with Gasteiger partial charge in [0.25, 0.3) is 0 Å². The van der Waals surface area contributed by atoms with Crippen LogP contribution < -0.4 is 10.1 Å². The molecular formula is C27H28ClNO5. The number of esters is 1. The summed E-state index contributed by atoms with van der Waals surface area (Å²) in [5.74, 6) is -1.18. The van der Waals surface area contributed by atoms with Crippen molar-refractivity contribution in [2.24, 2.45) is 0 Å². The molecule has 0 amide bonds. The Bertz CT molecular complexity index is 1190. The summed E-state index contributed by atoms with van der Waals surface area (Å²) in [6, 6.07) is 13.2. The average Bonchev–Trinajstić information content (AvgIpc) is 2.83. The molecule has 7 heteroatoms. The average molecular weight is 482 g/mol. The third kappa shape index (κ3) is 4.42. The molecule has 4 rings (SSSR count). The number of hydrogen-bond acceptors (Lipinski definition) is 6. The van der Waals surface area contributed by atoms with Gasteiger partial charge in [-0.3, -0.25) is 4.79 Å². The third-order valence-corrected chi connectivity index (χ3v) is 6.65. The van der Waals surface area contributed by atoms with E-state index in [1.807, 2.05) is 44.2 Å². The zero-order valence-corrected chi connectivity index (χ0v) is 20.2. The van der Waals surface area contributed by atoms with E-state index in [4.69, 9.17) is 21.1 Å². The van der Waals surface area contributed by atoms with Gasteiger partial charge in [-0.05, 0) is 48.9 Å². The first-order valence-electron chi connectivity index (χ1n) is 11.4. The Morgan fingerprint density at radius 2 is 1.91 bits per heavy atom. The minimum absolute atomic E-state index is 0.0379. The van der Waals surface area contributed by atoms with E-state index in [2.05, 4.69) is 5.32 Å². The Balaban J connectivity index is 1.84. The molecule has 34 heavy (non-hydrogen) atoms. The molecule has 1 heterocycles. The van der Waals surface area contributed by atoms with Crippen molar-refractivity contribution in [2.75, 3.05) is 13.7 Å². The number of allylic oxidation sites excluding steroid dienone is 3. The number of halogens is 1. The molecule has 0 aromatic heterocycles. The molecule has 0 radical (unpaired) electrons. The molecule has 1 aliphatic carbocycles. The number of Topliss-reactive ketones (excluding diaryl/α,β-unsaturated/α-hetero) is 1. The van der Waals surface area contributed by atoms with Crippen LogP contribution in [0.15, 0.2) is 65.0 Å². The first kappa shape index (κ1) is 23.9. The smallest absolute Gasteiger partial charge is 0.336 e. The summed E-state index contributed by atoms with van der Waals surface area (Å²) < 4.78 is 10.8. The molecule has 2 atom stereocenters. The van der Waals surface area contributed by atoms with E-state index >= 15 is 0 Å². The maximum atomic E-state index is 13.6. The summed E-state index contributed by atoms with van der Waals surface area (Å²) in [7, 11) is 1.43. The fourth-order valence-electron chi connectivity index (χ4n) is 4.79. The van der Waals surface area contributed by atoms with Crippen molar-refractivity contribution in [3.05, 3.63) is 81.2 Å². The molecule has 0 saturated heterocycles. The monoisotopic (exact) mass is 481 g/mol. The minimum atomic E-state index is -0.683. The van der Waals surface area contributed by atoms with Crippen LogP contribution in [0.1, 0.15) is 56.1 Å². The lowest BCUT2D eigenvalue weighted by molar-refractivity contribution is -0.139. The van der Waals surface area contributed by atoms with Crippen molar-refractivity contribution in [3.63, 3.8) is 0 Å². The fourth-order valence-corrected chi connectivity index (χ4v) is 5.01. The van der Waals surface area contributed by atoms with Gasteiger partial charge in [0.05, 0.1) is 24.3 Å². The van der Waals surface area contributed by atoms with Gasteiger partial charge in [0.15, 0.2) is 17.3 Å².